The van der Waals surface area contributed by atoms with Crippen LogP contribution in [0.3, 0.4) is 0 Å². The van der Waals surface area contributed by atoms with Crippen LogP contribution in [0.15, 0.2) is 12.4 Å². The number of aromatic nitrogens is 2. The number of hydrogen-bond acceptors (Lipinski definition) is 3. The Hall–Kier alpha value is -1.85. The first-order valence-electron chi connectivity index (χ1n) is 6.10. The Morgan fingerprint density at radius 1 is 1.44 bits per heavy atom. The molecule has 0 saturated carbocycles. The van der Waals surface area contributed by atoms with Gasteiger partial charge in [-0.2, -0.15) is 5.10 Å². The maximum atomic E-state index is 12.0. The molecule has 0 bridgehead atoms. The molecule has 1 fully saturated rings. The van der Waals surface area contributed by atoms with Gasteiger partial charge < -0.3 is 10.0 Å². The number of aromatic carboxylic acids is 1. The van der Waals surface area contributed by atoms with Crippen LogP contribution in [0.4, 0.5) is 0 Å². The number of likely N-dealkylation sites (tertiary alicyclic amines) is 1. The molecule has 1 aliphatic heterocycles. The Morgan fingerprint density at radius 2 is 2.11 bits per heavy atom. The molecular formula is C12H17N3O3. The second-order valence-corrected chi connectivity index (χ2v) is 4.80. The first kappa shape index (κ1) is 12.6. The molecule has 18 heavy (non-hydrogen) atoms. The van der Waals surface area contributed by atoms with E-state index in [4.69, 9.17) is 5.11 Å². The van der Waals surface area contributed by atoms with Gasteiger partial charge in [-0.3, -0.25) is 9.48 Å². The molecule has 2 heterocycles. The summed E-state index contributed by atoms with van der Waals surface area (Å²) in [5.74, 6) is -0.347. The molecule has 6 heteroatoms. The molecule has 1 saturated heterocycles. The predicted molar refractivity (Wildman–Crippen MR) is 64.2 cm³/mol. The number of carbonyl (C=O) groups excluding carboxylic acids is 1. The van der Waals surface area contributed by atoms with Gasteiger partial charge in [0.05, 0.1) is 11.8 Å². The summed E-state index contributed by atoms with van der Waals surface area (Å²) in [6.07, 6.45) is 4.71. The fourth-order valence-corrected chi connectivity index (χ4v) is 2.06. The quantitative estimate of drug-likeness (QED) is 0.863. The summed E-state index contributed by atoms with van der Waals surface area (Å²) < 4.78 is 1.38. The average molecular weight is 251 g/mol. The molecule has 1 N–H and O–H groups in total. The molecule has 1 aromatic heterocycles. The summed E-state index contributed by atoms with van der Waals surface area (Å²) in [6, 6.07) is 0. The lowest BCUT2D eigenvalue weighted by atomic mass is 9.99. The minimum Gasteiger partial charge on any atom is -0.478 e. The third-order valence-electron chi connectivity index (χ3n) is 3.31. The zero-order valence-electron chi connectivity index (χ0n) is 10.4. The van der Waals surface area contributed by atoms with Crippen LogP contribution in [0.5, 0.6) is 0 Å². The van der Waals surface area contributed by atoms with Gasteiger partial charge >= 0.3 is 5.97 Å². The Labute approximate surface area is 105 Å². The standard InChI is InChI=1S/C12H17N3O3/c1-9-2-4-14(5-3-9)11(16)8-15-7-10(6-13-15)12(17)18/h6-7,9H,2-5,8H2,1H3,(H,17,18). The molecule has 1 aromatic rings. The van der Waals surface area contributed by atoms with Gasteiger partial charge in [0.2, 0.25) is 5.91 Å². The number of carboxylic acid groups (broad SMARTS) is 1. The van der Waals surface area contributed by atoms with Crippen molar-refractivity contribution in [3.05, 3.63) is 18.0 Å². The molecule has 0 atom stereocenters. The van der Waals surface area contributed by atoms with Crippen molar-refractivity contribution in [2.45, 2.75) is 26.3 Å². The number of carbonyl (C=O) groups is 2. The molecule has 1 aliphatic rings. The van der Waals surface area contributed by atoms with Crippen LogP contribution in [0.2, 0.25) is 0 Å². The van der Waals surface area contributed by atoms with Crippen molar-refractivity contribution in [3.63, 3.8) is 0 Å². The van der Waals surface area contributed by atoms with Crippen LogP contribution in [-0.4, -0.2) is 44.8 Å². The lowest BCUT2D eigenvalue weighted by Gasteiger charge is -2.30. The van der Waals surface area contributed by atoms with E-state index in [1.807, 2.05) is 4.90 Å². The Kier molecular flexibility index (Phi) is 3.64. The summed E-state index contributed by atoms with van der Waals surface area (Å²) >= 11 is 0. The fraction of sp³-hybridized carbons (Fsp3) is 0.583. The van der Waals surface area contributed by atoms with Gasteiger partial charge in [-0.25, -0.2) is 4.79 Å². The van der Waals surface area contributed by atoms with Crippen LogP contribution in [-0.2, 0) is 11.3 Å². The largest absolute Gasteiger partial charge is 0.478 e. The Morgan fingerprint density at radius 3 is 2.67 bits per heavy atom. The fourth-order valence-electron chi connectivity index (χ4n) is 2.06. The number of rotatable bonds is 3. The summed E-state index contributed by atoms with van der Waals surface area (Å²) in [5.41, 5.74) is 0.107. The molecule has 0 aromatic carbocycles. The molecule has 1 amide bonds. The van der Waals surface area contributed by atoms with E-state index in [1.54, 1.807) is 0 Å². The van der Waals surface area contributed by atoms with E-state index in [2.05, 4.69) is 12.0 Å². The zero-order valence-corrected chi connectivity index (χ0v) is 10.4. The van der Waals surface area contributed by atoms with E-state index >= 15 is 0 Å². The number of nitrogens with zero attached hydrogens (tertiary/aromatic N) is 3. The average Bonchev–Trinajstić information content (AvgIpc) is 2.78. The highest BCUT2D eigenvalue weighted by molar-refractivity contribution is 5.87. The van der Waals surface area contributed by atoms with Gasteiger partial charge in [-0.15, -0.1) is 0 Å². The van der Waals surface area contributed by atoms with E-state index in [1.165, 1.54) is 17.1 Å². The van der Waals surface area contributed by atoms with Gasteiger partial charge in [0, 0.05) is 19.3 Å². The molecule has 0 aliphatic carbocycles. The normalized spacial score (nSPS) is 16.8. The van der Waals surface area contributed by atoms with Gasteiger partial charge in [0.1, 0.15) is 6.54 Å². The smallest absolute Gasteiger partial charge is 0.338 e. The summed E-state index contributed by atoms with van der Waals surface area (Å²) in [7, 11) is 0. The van der Waals surface area contributed by atoms with Crippen LogP contribution >= 0.6 is 0 Å². The Balaban J connectivity index is 1.92. The number of hydrogen-bond donors (Lipinski definition) is 1. The lowest BCUT2D eigenvalue weighted by molar-refractivity contribution is -0.133. The molecular weight excluding hydrogens is 234 g/mol. The van der Waals surface area contributed by atoms with E-state index in [0.717, 1.165) is 25.9 Å². The van der Waals surface area contributed by atoms with Crippen LogP contribution in [0.1, 0.15) is 30.1 Å². The monoisotopic (exact) mass is 251 g/mol. The molecule has 6 nitrogen and oxygen atoms in total. The van der Waals surface area contributed by atoms with Crippen LogP contribution in [0.25, 0.3) is 0 Å². The van der Waals surface area contributed by atoms with Crippen molar-refractivity contribution >= 4 is 11.9 Å². The lowest BCUT2D eigenvalue weighted by Crippen LogP contribution is -2.39. The third-order valence-corrected chi connectivity index (χ3v) is 3.31. The van der Waals surface area contributed by atoms with Crippen molar-refractivity contribution in [1.82, 2.24) is 14.7 Å². The van der Waals surface area contributed by atoms with Crippen molar-refractivity contribution in [2.24, 2.45) is 5.92 Å². The second-order valence-electron chi connectivity index (χ2n) is 4.80. The summed E-state index contributed by atoms with van der Waals surface area (Å²) in [5, 5.41) is 12.6. The van der Waals surface area contributed by atoms with E-state index in [0.29, 0.717) is 5.92 Å². The van der Waals surface area contributed by atoms with Gasteiger partial charge in [-0.05, 0) is 18.8 Å². The predicted octanol–water partition coefficient (Wildman–Crippen LogP) is 0.840. The van der Waals surface area contributed by atoms with Crippen molar-refractivity contribution in [2.75, 3.05) is 13.1 Å². The zero-order chi connectivity index (χ0) is 13.1. The van der Waals surface area contributed by atoms with Crippen molar-refractivity contribution in [1.29, 1.82) is 0 Å². The highest BCUT2D eigenvalue weighted by atomic mass is 16.4. The highest BCUT2D eigenvalue weighted by Gasteiger charge is 2.20. The number of carboxylic acids is 1. The third kappa shape index (κ3) is 2.88. The molecule has 98 valence electrons. The topological polar surface area (TPSA) is 75.4 Å². The van der Waals surface area contributed by atoms with Crippen LogP contribution < -0.4 is 0 Å². The maximum Gasteiger partial charge on any atom is 0.338 e. The van der Waals surface area contributed by atoms with Crippen LogP contribution in [0, 0.1) is 5.92 Å². The van der Waals surface area contributed by atoms with E-state index in [-0.39, 0.29) is 18.0 Å². The molecule has 0 radical (unpaired) electrons. The molecule has 0 unspecified atom stereocenters. The minimum atomic E-state index is -1.03. The SMILES string of the molecule is CC1CCN(C(=O)Cn2cc(C(=O)O)cn2)CC1. The number of amides is 1. The van der Waals surface area contributed by atoms with Gasteiger partial charge in [0.25, 0.3) is 0 Å². The summed E-state index contributed by atoms with van der Waals surface area (Å²) in [6.45, 7) is 3.87. The minimum absolute atomic E-state index is 0.00180. The van der Waals surface area contributed by atoms with Crippen molar-refractivity contribution < 1.29 is 14.7 Å². The number of piperidine rings is 1. The highest BCUT2D eigenvalue weighted by Crippen LogP contribution is 2.16. The van der Waals surface area contributed by atoms with Gasteiger partial charge in [0.15, 0.2) is 0 Å². The first-order valence-corrected chi connectivity index (χ1v) is 6.10. The second kappa shape index (κ2) is 5.20. The summed E-state index contributed by atoms with van der Waals surface area (Å²) in [4.78, 5) is 24.5. The van der Waals surface area contributed by atoms with Crippen molar-refractivity contribution in [3.8, 4) is 0 Å². The Bertz CT molecular complexity index is 447. The molecule has 0 spiro atoms. The maximum absolute atomic E-state index is 12.0. The first-order chi connectivity index (χ1) is 8.56. The van der Waals surface area contributed by atoms with E-state index in [9.17, 15) is 9.59 Å². The van der Waals surface area contributed by atoms with Gasteiger partial charge in [-0.1, -0.05) is 6.92 Å². The molecule has 2 rings (SSSR count). The van der Waals surface area contributed by atoms with E-state index < -0.39 is 5.97 Å².